The number of nitriles is 1. The van der Waals surface area contributed by atoms with Gasteiger partial charge in [-0.1, -0.05) is 24.8 Å². The minimum atomic E-state index is 0.347. The van der Waals surface area contributed by atoms with Gasteiger partial charge in [-0.15, -0.1) is 0 Å². The molecule has 0 aliphatic carbocycles. The Bertz CT molecular complexity index is 230. The second kappa shape index (κ2) is 3.92. The van der Waals surface area contributed by atoms with Crippen LogP contribution in [0.2, 0.25) is 0 Å². The Balaban J connectivity index is 4.55. The average molecular weight is 154 g/mol. The van der Waals surface area contributed by atoms with Crippen molar-refractivity contribution in [2.75, 3.05) is 0 Å². The molecule has 0 aromatic carbocycles. The van der Waals surface area contributed by atoms with Crippen molar-refractivity contribution in [1.82, 2.24) is 0 Å². The molecule has 0 amide bonds. The SMILES string of the molecule is C=C(Cl)/C=C(/C#N)C(=C)C. The molecule has 2 heteroatoms. The van der Waals surface area contributed by atoms with Crippen molar-refractivity contribution in [3.8, 4) is 6.07 Å². The summed E-state index contributed by atoms with van der Waals surface area (Å²) < 4.78 is 0. The molecule has 1 nitrogen and oxygen atoms in total. The Morgan fingerprint density at radius 1 is 1.60 bits per heavy atom. The molecule has 0 rings (SSSR count). The van der Waals surface area contributed by atoms with Crippen LogP contribution in [0.1, 0.15) is 6.92 Å². The van der Waals surface area contributed by atoms with Crippen molar-refractivity contribution in [1.29, 1.82) is 5.26 Å². The Kier molecular flexibility index (Phi) is 3.53. The molecule has 0 saturated heterocycles. The quantitative estimate of drug-likeness (QED) is 0.442. The first-order valence-corrected chi connectivity index (χ1v) is 3.08. The summed E-state index contributed by atoms with van der Waals surface area (Å²) in [5.74, 6) is 0. The lowest BCUT2D eigenvalue weighted by atomic mass is 10.1. The van der Waals surface area contributed by atoms with Crippen molar-refractivity contribution in [3.05, 3.63) is 35.4 Å². The van der Waals surface area contributed by atoms with Crippen molar-refractivity contribution < 1.29 is 0 Å². The zero-order chi connectivity index (χ0) is 8.15. The predicted molar refractivity (Wildman–Crippen MR) is 43.5 cm³/mol. The van der Waals surface area contributed by atoms with Gasteiger partial charge in [0, 0.05) is 5.03 Å². The van der Waals surface area contributed by atoms with Crippen LogP contribution in [0.3, 0.4) is 0 Å². The van der Waals surface area contributed by atoms with Crippen LogP contribution < -0.4 is 0 Å². The largest absolute Gasteiger partial charge is 0.192 e. The minimum Gasteiger partial charge on any atom is -0.192 e. The van der Waals surface area contributed by atoms with Crippen LogP contribution in [0.4, 0.5) is 0 Å². The first-order valence-electron chi connectivity index (χ1n) is 2.70. The van der Waals surface area contributed by atoms with Crippen molar-refractivity contribution in [2.45, 2.75) is 6.92 Å². The Morgan fingerprint density at radius 3 is 2.20 bits per heavy atom. The second-order valence-electron chi connectivity index (χ2n) is 1.90. The van der Waals surface area contributed by atoms with Gasteiger partial charge in [-0.25, -0.2) is 0 Å². The van der Waals surface area contributed by atoms with Crippen LogP contribution in [0, 0.1) is 11.3 Å². The lowest BCUT2D eigenvalue weighted by Gasteiger charge is -1.92. The summed E-state index contributed by atoms with van der Waals surface area (Å²) in [4.78, 5) is 0. The van der Waals surface area contributed by atoms with E-state index in [4.69, 9.17) is 16.9 Å². The molecule has 0 aliphatic rings. The van der Waals surface area contributed by atoms with Crippen LogP contribution in [0.25, 0.3) is 0 Å². The Morgan fingerprint density at radius 2 is 2.10 bits per heavy atom. The van der Waals surface area contributed by atoms with Crippen LogP contribution in [-0.4, -0.2) is 0 Å². The summed E-state index contributed by atoms with van der Waals surface area (Å²) in [5.41, 5.74) is 1.17. The number of hydrogen-bond acceptors (Lipinski definition) is 1. The molecule has 0 spiro atoms. The molecule has 0 N–H and O–H groups in total. The molecule has 0 aliphatic heterocycles. The van der Waals surface area contributed by atoms with Crippen molar-refractivity contribution >= 4 is 11.6 Å². The molecular weight excluding hydrogens is 146 g/mol. The topological polar surface area (TPSA) is 23.8 Å². The van der Waals surface area contributed by atoms with Gasteiger partial charge in [0.05, 0.1) is 11.6 Å². The summed E-state index contributed by atoms with van der Waals surface area (Å²) in [6.07, 6.45) is 1.49. The zero-order valence-electron chi connectivity index (χ0n) is 5.82. The number of nitrogens with zero attached hydrogens (tertiary/aromatic N) is 1. The Hall–Kier alpha value is -1.00. The molecule has 0 aromatic rings. The monoisotopic (exact) mass is 153 g/mol. The zero-order valence-corrected chi connectivity index (χ0v) is 6.57. The van der Waals surface area contributed by atoms with E-state index in [1.165, 1.54) is 6.08 Å². The van der Waals surface area contributed by atoms with Gasteiger partial charge in [-0.05, 0) is 18.6 Å². The summed E-state index contributed by atoms with van der Waals surface area (Å²) in [7, 11) is 0. The van der Waals surface area contributed by atoms with Gasteiger partial charge in [0.15, 0.2) is 0 Å². The molecule has 10 heavy (non-hydrogen) atoms. The summed E-state index contributed by atoms with van der Waals surface area (Å²) in [5, 5.41) is 8.81. The molecule has 0 heterocycles. The van der Waals surface area contributed by atoms with Crippen LogP contribution in [-0.2, 0) is 0 Å². The predicted octanol–water partition coefficient (Wildman–Crippen LogP) is 2.76. The fourth-order valence-electron chi connectivity index (χ4n) is 0.408. The fourth-order valence-corrected chi connectivity index (χ4v) is 0.517. The first kappa shape index (κ1) is 9.00. The van der Waals surface area contributed by atoms with Gasteiger partial charge in [0.1, 0.15) is 0 Å². The summed E-state index contributed by atoms with van der Waals surface area (Å²) >= 11 is 5.43. The van der Waals surface area contributed by atoms with Crippen LogP contribution >= 0.6 is 11.6 Å². The van der Waals surface area contributed by atoms with Crippen LogP contribution in [0.15, 0.2) is 35.4 Å². The third-order valence-electron chi connectivity index (χ3n) is 0.881. The third-order valence-corrected chi connectivity index (χ3v) is 0.990. The lowest BCUT2D eigenvalue weighted by Crippen LogP contribution is -1.78. The molecule has 0 bridgehead atoms. The van der Waals surface area contributed by atoms with E-state index in [0.717, 1.165) is 0 Å². The van der Waals surface area contributed by atoms with Gasteiger partial charge in [-0.2, -0.15) is 5.26 Å². The molecule has 0 saturated carbocycles. The van der Waals surface area contributed by atoms with E-state index in [1.807, 2.05) is 6.07 Å². The molecule has 0 fully saturated rings. The normalized spacial score (nSPS) is 10.3. The van der Waals surface area contributed by atoms with Gasteiger partial charge < -0.3 is 0 Å². The summed E-state index contributed by atoms with van der Waals surface area (Å²) in [6.45, 7) is 8.76. The van der Waals surface area contributed by atoms with E-state index in [0.29, 0.717) is 16.2 Å². The van der Waals surface area contributed by atoms with E-state index in [2.05, 4.69) is 13.2 Å². The van der Waals surface area contributed by atoms with Gasteiger partial charge in [-0.3, -0.25) is 0 Å². The maximum Gasteiger partial charge on any atom is 0.0994 e. The lowest BCUT2D eigenvalue weighted by molar-refractivity contribution is 1.41. The van der Waals surface area contributed by atoms with Gasteiger partial charge >= 0.3 is 0 Å². The highest BCUT2D eigenvalue weighted by atomic mass is 35.5. The highest BCUT2D eigenvalue weighted by molar-refractivity contribution is 6.30. The standard InChI is InChI=1S/C8H8ClN/c1-6(2)8(5-10)4-7(3)9/h4H,1,3H2,2H3/b8-4-. The van der Waals surface area contributed by atoms with E-state index < -0.39 is 0 Å². The first-order chi connectivity index (χ1) is 4.57. The highest BCUT2D eigenvalue weighted by Gasteiger charge is 1.94. The number of hydrogen-bond donors (Lipinski definition) is 0. The minimum absolute atomic E-state index is 0.347. The maximum absolute atomic E-state index is 8.47. The second-order valence-corrected chi connectivity index (χ2v) is 2.38. The smallest absolute Gasteiger partial charge is 0.0994 e. The molecular formula is C8H8ClN. The highest BCUT2D eigenvalue weighted by Crippen LogP contribution is 2.10. The molecule has 52 valence electrons. The van der Waals surface area contributed by atoms with Crippen molar-refractivity contribution in [3.63, 3.8) is 0 Å². The number of rotatable bonds is 2. The van der Waals surface area contributed by atoms with E-state index >= 15 is 0 Å². The molecule has 0 aromatic heterocycles. The average Bonchev–Trinajstić information content (AvgIpc) is 1.81. The van der Waals surface area contributed by atoms with E-state index in [1.54, 1.807) is 6.92 Å². The fraction of sp³-hybridized carbons (Fsp3) is 0.125. The van der Waals surface area contributed by atoms with Crippen LogP contribution in [0.5, 0.6) is 0 Å². The third kappa shape index (κ3) is 3.11. The van der Waals surface area contributed by atoms with Crippen molar-refractivity contribution in [2.24, 2.45) is 0 Å². The van der Waals surface area contributed by atoms with Gasteiger partial charge in [0.2, 0.25) is 0 Å². The molecule has 0 unspecified atom stereocenters. The maximum atomic E-state index is 8.47. The Labute approximate surface area is 65.9 Å². The van der Waals surface area contributed by atoms with Gasteiger partial charge in [0.25, 0.3) is 0 Å². The van der Waals surface area contributed by atoms with E-state index in [-0.39, 0.29) is 0 Å². The summed E-state index contributed by atoms with van der Waals surface area (Å²) in [6, 6.07) is 1.95. The molecule has 0 radical (unpaired) electrons. The van der Waals surface area contributed by atoms with E-state index in [9.17, 15) is 0 Å². The number of allylic oxidation sites excluding steroid dienone is 4. The molecule has 0 atom stereocenters. The number of halogens is 1.